The Morgan fingerprint density at radius 3 is 2.75 bits per heavy atom. The predicted molar refractivity (Wildman–Crippen MR) is 58.1 cm³/mol. The van der Waals surface area contributed by atoms with Crippen LogP contribution in [0.1, 0.15) is 6.42 Å². The average Bonchev–Trinajstić information content (AvgIpc) is 2.24. The van der Waals surface area contributed by atoms with Crippen LogP contribution in [-0.2, 0) is 9.47 Å². The maximum absolute atomic E-state index is 10.4. The fraction of sp³-hybridized carbons (Fsp3) is 0.900. The first-order valence-corrected chi connectivity index (χ1v) is 5.75. The van der Waals surface area contributed by atoms with Crippen molar-refractivity contribution in [2.24, 2.45) is 5.73 Å². The lowest BCUT2D eigenvalue weighted by molar-refractivity contribution is -0.103. The Balaban J connectivity index is 1.64. The highest BCUT2D eigenvalue weighted by atomic mass is 16.5. The number of rotatable bonds is 4. The minimum absolute atomic E-state index is 0.310. The zero-order chi connectivity index (χ0) is 11.4. The van der Waals surface area contributed by atoms with Crippen molar-refractivity contribution in [3.8, 4) is 0 Å². The number of nitrogens with one attached hydrogen (secondary N) is 1. The van der Waals surface area contributed by atoms with Gasteiger partial charge in [0, 0.05) is 32.7 Å². The van der Waals surface area contributed by atoms with Gasteiger partial charge in [0.25, 0.3) is 0 Å². The molecule has 0 aromatic heterocycles. The Labute approximate surface area is 95.1 Å². The molecular formula is C10H19N3O3. The molecule has 6 heteroatoms. The van der Waals surface area contributed by atoms with Gasteiger partial charge in [-0.15, -0.1) is 0 Å². The number of carbonyl (C=O) groups is 1. The summed E-state index contributed by atoms with van der Waals surface area (Å²) in [5.41, 5.74) is 4.88. The molecule has 0 spiro atoms. The molecule has 0 saturated carbocycles. The number of nitrogens with zero attached hydrogens (tertiary/aromatic N) is 1. The Kier molecular flexibility index (Phi) is 3.98. The Hall–Kier alpha value is -0.850. The van der Waals surface area contributed by atoms with Crippen molar-refractivity contribution < 1.29 is 14.3 Å². The minimum atomic E-state index is -0.692. The zero-order valence-corrected chi connectivity index (χ0v) is 9.35. The first-order valence-electron chi connectivity index (χ1n) is 5.75. The van der Waals surface area contributed by atoms with Crippen LogP contribution in [0.15, 0.2) is 0 Å². The van der Waals surface area contributed by atoms with E-state index in [0.717, 1.165) is 39.1 Å². The van der Waals surface area contributed by atoms with Crippen molar-refractivity contribution in [1.82, 2.24) is 10.2 Å². The lowest BCUT2D eigenvalue weighted by atomic mass is 10.1. The van der Waals surface area contributed by atoms with Crippen LogP contribution in [0.25, 0.3) is 0 Å². The van der Waals surface area contributed by atoms with E-state index in [9.17, 15) is 4.79 Å². The van der Waals surface area contributed by atoms with Gasteiger partial charge in [-0.05, 0) is 6.42 Å². The number of nitrogens with two attached hydrogens (primary N) is 1. The number of ether oxygens (including phenoxy) is 2. The van der Waals surface area contributed by atoms with Crippen LogP contribution in [0, 0.1) is 0 Å². The number of fused-ring (bicyclic) bond motifs is 2. The number of hydrogen-bond donors (Lipinski definition) is 2. The van der Waals surface area contributed by atoms with Crippen LogP contribution in [0.5, 0.6) is 0 Å². The van der Waals surface area contributed by atoms with Gasteiger partial charge in [-0.3, -0.25) is 4.90 Å². The molecular weight excluding hydrogens is 210 g/mol. The number of carbonyl (C=O) groups excluding carboxylic acids is 1. The molecule has 2 rings (SSSR count). The van der Waals surface area contributed by atoms with Gasteiger partial charge in [-0.25, -0.2) is 4.79 Å². The standard InChI is InChI=1S/C10H19N3O3/c11-10(14)15-3-1-2-13-6-8-4-12-5-9(7-13)16-8/h8-9,12H,1-7H2,(H2,11,14). The molecule has 2 heterocycles. The van der Waals surface area contributed by atoms with E-state index in [2.05, 4.69) is 10.2 Å². The molecule has 1 amide bonds. The number of amides is 1. The van der Waals surface area contributed by atoms with E-state index in [1.54, 1.807) is 0 Å². The number of primary amides is 1. The Bertz CT molecular complexity index is 237. The monoisotopic (exact) mass is 229 g/mol. The molecule has 0 aliphatic carbocycles. The third-order valence-corrected chi connectivity index (χ3v) is 2.92. The smallest absolute Gasteiger partial charge is 0.404 e. The Morgan fingerprint density at radius 2 is 2.12 bits per heavy atom. The first kappa shape index (κ1) is 11.6. The van der Waals surface area contributed by atoms with Crippen molar-refractivity contribution in [3.63, 3.8) is 0 Å². The van der Waals surface area contributed by atoms with Crippen molar-refractivity contribution in [3.05, 3.63) is 0 Å². The predicted octanol–water partition coefficient (Wildman–Crippen LogP) is -0.856. The van der Waals surface area contributed by atoms with E-state index >= 15 is 0 Å². The van der Waals surface area contributed by atoms with Crippen LogP contribution in [0.2, 0.25) is 0 Å². The van der Waals surface area contributed by atoms with E-state index < -0.39 is 6.09 Å². The summed E-state index contributed by atoms with van der Waals surface area (Å²) in [5.74, 6) is 0. The van der Waals surface area contributed by atoms with E-state index in [1.807, 2.05) is 0 Å². The molecule has 0 aromatic carbocycles. The van der Waals surface area contributed by atoms with Crippen LogP contribution >= 0.6 is 0 Å². The van der Waals surface area contributed by atoms with Gasteiger partial charge in [0.05, 0.1) is 18.8 Å². The molecule has 2 aliphatic heterocycles. The van der Waals surface area contributed by atoms with Crippen molar-refractivity contribution in [1.29, 1.82) is 0 Å². The van der Waals surface area contributed by atoms with Crippen LogP contribution in [0.4, 0.5) is 4.79 Å². The van der Waals surface area contributed by atoms with Crippen molar-refractivity contribution >= 4 is 6.09 Å². The van der Waals surface area contributed by atoms with Gasteiger partial charge in [-0.2, -0.15) is 0 Å². The third kappa shape index (κ3) is 3.33. The van der Waals surface area contributed by atoms with Gasteiger partial charge in [0.2, 0.25) is 0 Å². The fourth-order valence-electron chi connectivity index (χ4n) is 2.28. The summed E-state index contributed by atoms with van der Waals surface area (Å²) in [6, 6.07) is 0. The highest BCUT2D eigenvalue weighted by Gasteiger charge is 2.30. The maximum Gasteiger partial charge on any atom is 0.404 e. The van der Waals surface area contributed by atoms with E-state index in [1.165, 1.54) is 0 Å². The summed E-state index contributed by atoms with van der Waals surface area (Å²) >= 11 is 0. The number of morpholine rings is 2. The summed E-state index contributed by atoms with van der Waals surface area (Å²) in [6.07, 6.45) is 0.757. The van der Waals surface area contributed by atoms with E-state index in [0.29, 0.717) is 18.8 Å². The maximum atomic E-state index is 10.4. The summed E-state index contributed by atoms with van der Waals surface area (Å²) < 4.78 is 10.5. The van der Waals surface area contributed by atoms with Crippen molar-refractivity contribution in [2.45, 2.75) is 18.6 Å². The molecule has 2 fully saturated rings. The van der Waals surface area contributed by atoms with Gasteiger partial charge in [0.1, 0.15) is 0 Å². The summed E-state index contributed by atoms with van der Waals surface area (Å²) in [4.78, 5) is 12.7. The van der Waals surface area contributed by atoms with Gasteiger partial charge in [0.15, 0.2) is 0 Å². The molecule has 92 valence electrons. The summed E-state index contributed by atoms with van der Waals surface area (Å²) in [5, 5.41) is 3.35. The molecule has 3 N–H and O–H groups in total. The molecule has 6 nitrogen and oxygen atoms in total. The lowest BCUT2D eigenvalue weighted by Gasteiger charge is -2.41. The molecule has 16 heavy (non-hydrogen) atoms. The summed E-state index contributed by atoms with van der Waals surface area (Å²) in [7, 11) is 0. The van der Waals surface area contributed by atoms with Crippen LogP contribution in [-0.4, -0.2) is 62.5 Å². The lowest BCUT2D eigenvalue weighted by Crippen LogP contribution is -2.58. The van der Waals surface area contributed by atoms with Crippen molar-refractivity contribution in [2.75, 3.05) is 39.3 Å². The first-order chi connectivity index (χ1) is 7.74. The molecule has 0 aromatic rings. The zero-order valence-electron chi connectivity index (χ0n) is 9.35. The number of hydrogen-bond acceptors (Lipinski definition) is 5. The molecule has 2 bridgehead atoms. The second-order valence-corrected chi connectivity index (χ2v) is 4.32. The largest absolute Gasteiger partial charge is 0.450 e. The fourth-order valence-corrected chi connectivity index (χ4v) is 2.28. The normalized spacial score (nSPS) is 30.0. The van der Waals surface area contributed by atoms with E-state index in [4.69, 9.17) is 15.2 Å². The van der Waals surface area contributed by atoms with Crippen LogP contribution in [0.3, 0.4) is 0 Å². The quantitative estimate of drug-likeness (QED) is 0.614. The summed E-state index contributed by atoms with van der Waals surface area (Å²) in [6.45, 7) is 5.12. The molecule has 2 saturated heterocycles. The van der Waals surface area contributed by atoms with E-state index in [-0.39, 0.29) is 0 Å². The molecule has 0 radical (unpaired) electrons. The molecule has 2 unspecified atom stereocenters. The van der Waals surface area contributed by atoms with Gasteiger partial charge < -0.3 is 20.5 Å². The Morgan fingerprint density at radius 1 is 1.44 bits per heavy atom. The minimum Gasteiger partial charge on any atom is -0.450 e. The highest BCUT2D eigenvalue weighted by Crippen LogP contribution is 2.14. The average molecular weight is 229 g/mol. The highest BCUT2D eigenvalue weighted by molar-refractivity contribution is 5.64. The van der Waals surface area contributed by atoms with Gasteiger partial charge >= 0.3 is 6.09 Å². The SMILES string of the molecule is NC(=O)OCCCN1CC2CNCC(C1)O2. The topological polar surface area (TPSA) is 76.8 Å². The van der Waals surface area contributed by atoms with Gasteiger partial charge in [-0.1, -0.05) is 0 Å². The second kappa shape index (κ2) is 5.47. The second-order valence-electron chi connectivity index (χ2n) is 4.32. The molecule has 2 atom stereocenters. The van der Waals surface area contributed by atoms with Crippen LogP contribution < -0.4 is 11.1 Å². The molecule has 2 aliphatic rings. The third-order valence-electron chi connectivity index (χ3n) is 2.92.